The predicted octanol–water partition coefficient (Wildman–Crippen LogP) is 5.65. The SMILES string of the molecule is CC/C=C\C/C=C\C/C=C\C/C=C\CCCCCCC(=O)NC(COC1OC(CO)C(OC2OC(CO)C(O)C(O)C2O)C(O)C1O)C(O)/C=C/CC/C=C/CCCCCCCCC. The minimum atomic E-state index is -1.80. The van der Waals surface area contributed by atoms with Crippen molar-refractivity contribution in [3.05, 3.63) is 72.9 Å². The van der Waals surface area contributed by atoms with E-state index in [1.807, 2.05) is 6.08 Å². The molecule has 0 aliphatic carbocycles. The topological polar surface area (TPSA) is 228 Å². The van der Waals surface area contributed by atoms with Gasteiger partial charge in [-0.05, 0) is 70.6 Å². The van der Waals surface area contributed by atoms with Gasteiger partial charge in [0.15, 0.2) is 12.6 Å². The van der Waals surface area contributed by atoms with Crippen molar-refractivity contribution in [2.75, 3.05) is 19.8 Å². The second kappa shape index (κ2) is 36.5. The van der Waals surface area contributed by atoms with Crippen LogP contribution in [-0.4, -0.2) is 140 Å². The van der Waals surface area contributed by atoms with Crippen LogP contribution in [0.15, 0.2) is 72.9 Å². The lowest BCUT2D eigenvalue weighted by Crippen LogP contribution is -2.65. The van der Waals surface area contributed by atoms with Crippen LogP contribution < -0.4 is 5.32 Å². The summed E-state index contributed by atoms with van der Waals surface area (Å²) in [4.78, 5) is 13.1. The number of carbonyl (C=O) groups is 1. The number of allylic oxidation sites excluding steroid dienone is 11. The number of aliphatic hydroxyl groups is 8. The van der Waals surface area contributed by atoms with E-state index in [9.17, 15) is 45.6 Å². The molecule has 9 N–H and O–H groups in total. The maximum absolute atomic E-state index is 13.1. The first-order chi connectivity index (χ1) is 31.1. The van der Waals surface area contributed by atoms with Crippen LogP contribution in [0.25, 0.3) is 0 Å². The van der Waals surface area contributed by atoms with Gasteiger partial charge in [-0.3, -0.25) is 4.79 Å². The second-order valence-electron chi connectivity index (χ2n) is 16.8. The first kappa shape index (κ1) is 57.6. The third-order valence-electron chi connectivity index (χ3n) is 11.4. The number of carbonyl (C=O) groups excluding carboxylic acids is 1. The highest BCUT2D eigenvalue weighted by Crippen LogP contribution is 2.30. The van der Waals surface area contributed by atoms with Gasteiger partial charge in [-0.15, -0.1) is 0 Å². The molecule has 368 valence electrons. The summed E-state index contributed by atoms with van der Waals surface area (Å²) in [6.45, 7) is 2.59. The number of amides is 1. The Kier molecular flexibility index (Phi) is 32.9. The van der Waals surface area contributed by atoms with E-state index in [-0.39, 0.29) is 18.9 Å². The second-order valence-corrected chi connectivity index (χ2v) is 16.8. The molecule has 0 aromatic rings. The van der Waals surface area contributed by atoms with Gasteiger partial charge in [0.05, 0.1) is 32.0 Å². The number of nitrogens with one attached hydrogen (secondary N) is 1. The summed E-state index contributed by atoms with van der Waals surface area (Å²) in [6.07, 6.45) is 28.0. The molecular weight excluding hydrogens is 823 g/mol. The average molecular weight is 908 g/mol. The standard InChI is InChI=1S/C50H85NO13/c1-3-5-7-9-11-13-15-17-18-19-20-22-24-26-28-30-32-34-42(55)51-38(39(54)33-31-29-27-25-23-21-16-14-12-10-8-6-4-2)37-61-49-47(60)45(58)48(41(36-53)63-49)64-50-46(59)44(57)43(56)40(35-52)62-50/h5,7,11,13,17-18,20,22-23,25,31,33,38-41,43-50,52-54,56-60H,3-4,6,8-10,12,14-16,19,21,24,26-30,32,34-37H2,1-2H3,(H,51,55)/b7-5-,13-11-,18-17-,22-20-,25-23+,33-31+. The van der Waals surface area contributed by atoms with Gasteiger partial charge in [0.2, 0.25) is 5.91 Å². The van der Waals surface area contributed by atoms with Gasteiger partial charge in [-0.2, -0.15) is 0 Å². The van der Waals surface area contributed by atoms with Gasteiger partial charge in [0.25, 0.3) is 0 Å². The van der Waals surface area contributed by atoms with E-state index in [0.717, 1.165) is 64.2 Å². The van der Waals surface area contributed by atoms with Gasteiger partial charge in [-0.1, -0.05) is 138 Å². The average Bonchev–Trinajstić information content (AvgIpc) is 3.29. The largest absolute Gasteiger partial charge is 0.394 e. The van der Waals surface area contributed by atoms with E-state index in [1.165, 1.54) is 44.9 Å². The molecule has 0 aromatic carbocycles. The third kappa shape index (κ3) is 23.7. The number of hydrogen-bond donors (Lipinski definition) is 9. The molecule has 2 rings (SSSR count). The Balaban J connectivity index is 1.90. The van der Waals surface area contributed by atoms with Crippen LogP contribution in [0.5, 0.6) is 0 Å². The van der Waals surface area contributed by atoms with Crippen molar-refractivity contribution in [2.24, 2.45) is 0 Å². The van der Waals surface area contributed by atoms with Crippen LogP contribution in [0.1, 0.15) is 142 Å². The monoisotopic (exact) mass is 908 g/mol. The Morgan fingerprint density at radius 1 is 0.578 bits per heavy atom. The molecule has 14 nitrogen and oxygen atoms in total. The first-order valence-electron chi connectivity index (χ1n) is 24.2. The molecule has 1 amide bonds. The molecule has 2 heterocycles. The number of rotatable bonds is 35. The highest BCUT2D eigenvalue weighted by atomic mass is 16.7. The molecule has 2 fully saturated rings. The van der Waals surface area contributed by atoms with Gasteiger partial charge < -0.3 is 65.1 Å². The summed E-state index contributed by atoms with van der Waals surface area (Å²) < 4.78 is 22.6. The fourth-order valence-electron chi connectivity index (χ4n) is 7.41. The Labute approximate surface area is 383 Å². The van der Waals surface area contributed by atoms with Crippen molar-refractivity contribution < 1.29 is 64.6 Å². The van der Waals surface area contributed by atoms with Crippen molar-refractivity contribution >= 4 is 5.91 Å². The van der Waals surface area contributed by atoms with Crippen LogP contribution in [0, 0.1) is 0 Å². The number of unbranched alkanes of at least 4 members (excludes halogenated alkanes) is 12. The molecule has 2 aliphatic rings. The van der Waals surface area contributed by atoms with E-state index < -0.39 is 86.8 Å². The lowest BCUT2D eigenvalue weighted by atomic mass is 9.97. The number of aliphatic hydroxyl groups excluding tert-OH is 8. The molecule has 0 aromatic heterocycles. The summed E-state index contributed by atoms with van der Waals surface area (Å²) in [5.74, 6) is -0.278. The van der Waals surface area contributed by atoms with E-state index in [2.05, 4.69) is 79.9 Å². The maximum atomic E-state index is 13.1. The molecule has 14 heteroatoms. The summed E-state index contributed by atoms with van der Waals surface area (Å²) in [7, 11) is 0. The smallest absolute Gasteiger partial charge is 0.220 e. The minimum Gasteiger partial charge on any atom is -0.394 e. The quantitative estimate of drug-likeness (QED) is 0.0277. The zero-order valence-corrected chi connectivity index (χ0v) is 38.7. The predicted molar refractivity (Wildman–Crippen MR) is 249 cm³/mol. The highest BCUT2D eigenvalue weighted by molar-refractivity contribution is 5.76. The summed E-state index contributed by atoms with van der Waals surface area (Å²) >= 11 is 0. The molecule has 2 aliphatic heterocycles. The molecule has 0 saturated carbocycles. The summed E-state index contributed by atoms with van der Waals surface area (Å²) in [5.41, 5.74) is 0. The normalized spacial score (nSPS) is 27.9. The number of hydrogen-bond acceptors (Lipinski definition) is 13. The van der Waals surface area contributed by atoms with Crippen molar-refractivity contribution in [2.45, 2.75) is 216 Å². The summed E-state index contributed by atoms with van der Waals surface area (Å²) in [5, 5.41) is 86.5. The lowest BCUT2D eigenvalue weighted by Gasteiger charge is -2.46. The highest BCUT2D eigenvalue weighted by Gasteiger charge is 2.51. The minimum absolute atomic E-state index is 0.241. The van der Waals surface area contributed by atoms with E-state index in [4.69, 9.17) is 18.9 Å². The maximum Gasteiger partial charge on any atom is 0.220 e. The number of ether oxygens (including phenoxy) is 4. The molecule has 64 heavy (non-hydrogen) atoms. The van der Waals surface area contributed by atoms with Crippen molar-refractivity contribution in [3.63, 3.8) is 0 Å². The zero-order chi connectivity index (χ0) is 46.8. The van der Waals surface area contributed by atoms with Crippen molar-refractivity contribution in [1.82, 2.24) is 5.32 Å². The van der Waals surface area contributed by atoms with Crippen LogP contribution in [-0.2, 0) is 23.7 Å². The van der Waals surface area contributed by atoms with Crippen LogP contribution in [0.2, 0.25) is 0 Å². The van der Waals surface area contributed by atoms with Crippen LogP contribution >= 0.6 is 0 Å². The summed E-state index contributed by atoms with van der Waals surface area (Å²) in [6, 6.07) is -0.946. The molecule has 0 spiro atoms. The lowest BCUT2D eigenvalue weighted by molar-refractivity contribution is -0.359. The van der Waals surface area contributed by atoms with Crippen molar-refractivity contribution in [1.29, 1.82) is 0 Å². The molecule has 2 saturated heterocycles. The van der Waals surface area contributed by atoms with Gasteiger partial charge in [0, 0.05) is 6.42 Å². The zero-order valence-electron chi connectivity index (χ0n) is 38.7. The molecule has 12 unspecified atom stereocenters. The Bertz CT molecular complexity index is 1350. The Hall–Kier alpha value is -2.57. The van der Waals surface area contributed by atoms with Gasteiger partial charge >= 0.3 is 0 Å². The first-order valence-corrected chi connectivity index (χ1v) is 24.2. The van der Waals surface area contributed by atoms with E-state index >= 15 is 0 Å². The molecular formula is C50H85NO13. The fraction of sp³-hybridized carbons (Fsp3) is 0.740. The fourth-order valence-corrected chi connectivity index (χ4v) is 7.41. The molecule has 12 atom stereocenters. The molecule has 0 bridgehead atoms. The van der Waals surface area contributed by atoms with E-state index in [1.54, 1.807) is 6.08 Å². The van der Waals surface area contributed by atoms with Crippen LogP contribution in [0.3, 0.4) is 0 Å². The van der Waals surface area contributed by atoms with E-state index in [0.29, 0.717) is 12.8 Å². The Morgan fingerprint density at radius 2 is 1.09 bits per heavy atom. The van der Waals surface area contributed by atoms with Gasteiger partial charge in [0.1, 0.15) is 48.8 Å². The Morgan fingerprint density at radius 3 is 1.72 bits per heavy atom. The van der Waals surface area contributed by atoms with Gasteiger partial charge in [-0.25, -0.2) is 0 Å². The van der Waals surface area contributed by atoms with Crippen molar-refractivity contribution in [3.8, 4) is 0 Å². The third-order valence-corrected chi connectivity index (χ3v) is 11.4. The van der Waals surface area contributed by atoms with Crippen LogP contribution in [0.4, 0.5) is 0 Å². The molecule has 0 radical (unpaired) electrons.